The Bertz CT molecular complexity index is 113. The van der Waals surface area contributed by atoms with Gasteiger partial charge in [0.1, 0.15) is 5.40 Å². The summed E-state index contributed by atoms with van der Waals surface area (Å²) in [6.45, 7) is 7.85. The van der Waals surface area contributed by atoms with Gasteiger partial charge in [-0.2, -0.15) is 5.26 Å². The van der Waals surface area contributed by atoms with Crippen LogP contribution < -0.4 is 0 Å². The molecule has 9 heavy (non-hydrogen) atoms. The molecule has 2 heteroatoms. The van der Waals surface area contributed by atoms with Gasteiger partial charge in [0.2, 0.25) is 0 Å². The quantitative estimate of drug-likeness (QED) is 0.565. The molecular weight excluding hydrogens is 130 g/mol. The summed E-state index contributed by atoms with van der Waals surface area (Å²) in [5, 5.41) is 10.4. The van der Waals surface area contributed by atoms with Crippen molar-refractivity contribution in [2.24, 2.45) is 0 Å². The number of nitrogens with zero attached hydrogens (tertiary/aromatic N) is 1. The Balaban J connectivity index is 3.59. The van der Waals surface area contributed by atoms with Gasteiger partial charge in [-0.3, -0.25) is 0 Å². The summed E-state index contributed by atoms with van der Waals surface area (Å²) in [7, 11) is 0. The molecule has 0 N–H and O–H groups in total. The van der Waals surface area contributed by atoms with Crippen molar-refractivity contribution in [1.29, 1.82) is 5.26 Å². The molecule has 0 aliphatic rings. The fourth-order valence-electron chi connectivity index (χ4n) is 0.600. The second-order valence-corrected chi connectivity index (χ2v) is 4.05. The van der Waals surface area contributed by atoms with E-state index in [-0.39, 0.29) is 4.75 Å². The van der Waals surface area contributed by atoms with E-state index < -0.39 is 0 Å². The molecule has 0 aromatic carbocycles. The number of nitriles is 1. The van der Waals surface area contributed by atoms with E-state index in [1.807, 2.05) is 0 Å². The molecule has 0 aromatic heterocycles. The maximum atomic E-state index is 8.32. The SMILES string of the molecule is [CH2]CCC(C)(C)SC#N. The Morgan fingerprint density at radius 2 is 2.22 bits per heavy atom. The molecule has 0 amide bonds. The number of hydrogen-bond donors (Lipinski definition) is 0. The van der Waals surface area contributed by atoms with Crippen LogP contribution in [-0.2, 0) is 0 Å². The smallest absolute Gasteiger partial charge is 0.133 e. The van der Waals surface area contributed by atoms with Crippen molar-refractivity contribution in [3.63, 3.8) is 0 Å². The highest BCUT2D eigenvalue weighted by Crippen LogP contribution is 2.27. The van der Waals surface area contributed by atoms with Crippen molar-refractivity contribution in [2.75, 3.05) is 0 Å². The molecule has 0 aliphatic carbocycles. The van der Waals surface area contributed by atoms with Crippen molar-refractivity contribution in [3.8, 4) is 5.40 Å². The van der Waals surface area contributed by atoms with E-state index >= 15 is 0 Å². The number of thiocyanates is 1. The Morgan fingerprint density at radius 3 is 2.56 bits per heavy atom. The molecule has 0 atom stereocenters. The highest BCUT2D eigenvalue weighted by Gasteiger charge is 2.16. The molecule has 0 fully saturated rings. The van der Waals surface area contributed by atoms with E-state index in [0.717, 1.165) is 12.8 Å². The van der Waals surface area contributed by atoms with Crippen LogP contribution in [0.15, 0.2) is 0 Å². The first-order valence-electron chi connectivity index (χ1n) is 2.99. The Kier molecular flexibility index (Phi) is 3.72. The number of hydrogen-bond acceptors (Lipinski definition) is 2. The predicted octanol–water partition coefficient (Wildman–Crippen LogP) is 2.59. The van der Waals surface area contributed by atoms with Gasteiger partial charge in [-0.25, -0.2) is 0 Å². The first kappa shape index (κ1) is 8.84. The molecule has 0 rings (SSSR count). The lowest BCUT2D eigenvalue weighted by Gasteiger charge is -2.17. The molecule has 0 saturated carbocycles. The van der Waals surface area contributed by atoms with E-state index in [1.165, 1.54) is 11.8 Å². The summed E-state index contributed by atoms with van der Waals surface area (Å²) in [5.41, 5.74) is 0. The maximum absolute atomic E-state index is 8.32. The van der Waals surface area contributed by atoms with Crippen LogP contribution in [0, 0.1) is 17.6 Å². The van der Waals surface area contributed by atoms with Crippen molar-refractivity contribution >= 4 is 11.8 Å². The lowest BCUT2D eigenvalue weighted by atomic mass is 10.1. The fourth-order valence-corrected chi connectivity index (χ4v) is 1.09. The van der Waals surface area contributed by atoms with Crippen molar-refractivity contribution < 1.29 is 0 Å². The van der Waals surface area contributed by atoms with Gasteiger partial charge < -0.3 is 0 Å². The maximum Gasteiger partial charge on any atom is 0.133 e. The Labute approximate surface area is 61.4 Å². The summed E-state index contributed by atoms with van der Waals surface area (Å²) in [5.74, 6) is 0. The van der Waals surface area contributed by atoms with Gasteiger partial charge in [0, 0.05) is 4.75 Å². The lowest BCUT2D eigenvalue weighted by molar-refractivity contribution is 0.650. The molecule has 0 saturated heterocycles. The minimum absolute atomic E-state index is 0.0938. The van der Waals surface area contributed by atoms with Gasteiger partial charge in [0.25, 0.3) is 0 Å². The Morgan fingerprint density at radius 1 is 1.67 bits per heavy atom. The van der Waals surface area contributed by atoms with Crippen LogP contribution in [0.2, 0.25) is 0 Å². The Hall–Kier alpha value is -0.160. The van der Waals surface area contributed by atoms with E-state index in [0.29, 0.717) is 0 Å². The van der Waals surface area contributed by atoms with Crippen LogP contribution >= 0.6 is 11.8 Å². The molecule has 0 unspecified atom stereocenters. The normalized spacial score (nSPS) is 10.9. The second-order valence-electron chi connectivity index (χ2n) is 2.56. The molecule has 1 nitrogen and oxygen atoms in total. The lowest BCUT2D eigenvalue weighted by Crippen LogP contribution is -2.12. The van der Waals surface area contributed by atoms with Gasteiger partial charge in [-0.1, -0.05) is 13.3 Å². The third-order valence-corrected chi connectivity index (χ3v) is 1.95. The minimum atomic E-state index is 0.0938. The average Bonchev–Trinajstić information content (AvgIpc) is 1.64. The van der Waals surface area contributed by atoms with Crippen molar-refractivity contribution in [3.05, 3.63) is 6.92 Å². The molecule has 0 spiro atoms. The highest BCUT2D eigenvalue weighted by molar-refractivity contribution is 8.04. The van der Waals surface area contributed by atoms with Gasteiger partial charge in [-0.15, -0.1) is 0 Å². The average molecular weight is 142 g/mol. The van der Waals surface area contributed by atoms with Crippen molar-refractivity contribution in [2.45, 2.75) is 31.4 Å². The molecule has 51 valence electrons. The van der Waals surface area contributed by atoms with Crippen LogP contribution in [0.5, 0.6) is 0 Å². The molecule has 0 aromatic rings. The molecule has 0 aliphatic heterocycles. The van der Waals surface area contributed by atoms with Gasteiger partial charge in [0.05, 0.1) is 0 Å². The fraction of sp³-hybridized carbons (Fsp3) is 0.714. The zero-order valence-electron chi connectivity index (χ0n) is 5.98. The van der Waals surface area contributed by atoms with Gasteiger partial charge in [-0.05, 0) is 32.0 Å². The van der Waals surface area contributed by atoms with E-state index in [4.69, 9.17) is 5.26 Å². The summed E-state index contributed by atoms with van der Waals surface area (Å²) in [4.78, 5) is 0. The molecule has 0 heterocycles. The first-order chi connectivity index (χ1) is 4.12. The second kappa shape index (κ2) is 3.79. The third-order valence-electron chi connectivity index (χ3n) is 1.10. The summed E-state index contributed by atoms with van der Waals surface area (Å²) in [6.07, 6.45) is 1.91. The topological polar surface area (TPSA) is 23.8 Å². The van der Waals surface area contributed by atoms with Crippen LogP contribution in [-0.4, -0.2) is 4.75 Å². The number of rotatable bonds is 3. The largest absolute Gasteiger partial charge is 0.185 e. The standard InChI is InChI=1S/C7H12NS/c1-4-5-7(2,3)9-6-8/h1,4-5H2,2-3H3. The highest BCUT2D eigenvalue weighted by atomic mass is 32.2. The van der Waals surface area contributed by atoms with Gasteiger partial charge >= 0.3 is 0 Å². The van der Waals surface area contributed by atoms with Crippen LogP contribution in [0.1, 0.15) is 26.7 Å². The zero-order valence-corrected chi connectivity index (χ0v) is 6.79. The van der Waals surface area contributed by atoms with Gasteiger partial charge in [0.15, 0.2) is 0 Å². The third kappa shape index (κ3) is 4.35. The van der Waals surface area contributed by atoms with Crippen molar-refractivity contribution in [1.82, 2.24) is 0 Å². The summed E-state index contributed by atoms with van der Waals surface area (Å²) in [6, 6.07) is 0. The minimum Gasteiger partial charge on any atom is -0.185 e. The molecular formula is C7H12NS. The monoisotopic (exact) mass is 142 g/mol. The summed E-state index contributed by atoms with van der Waals surface area (Å²) < 4.78 is 0.0938. The number of thioether (sulfide) groups is 1. The zero-order chi connectivity index (χ0) is 7.33. The van der Waals surface area contributed by atoms with E-state index in [9.17, 15) is 0 Å². The predicted molar refractivity (Wildman–Crippen MR) is 41.9 cm³/mol. The van der Waals surface area contributed by atoms with E-state index in [1.54, 1.807) is 0 Å². The van der Waals surface area contributed by atoms with E-state index in [2.05, 4.69) is 26.2 Å². The first-order valence-corrected chi connectivity index (χ1v) is 3.80. The summed E-state index contributed by atoms with van der Waals surface area (Å²) >= 11 is 1.32. The van der Waals surface area contributed by atoms with Crippen LogP contribution in [0.25, 0.3) is 0 Å². The van der Waals surface area contributed by atoms with Crippen LogP contribution in [0.4, 0.5) is 0 Å². The van der Waals surface area contributed by atoms with Crippen LogP contribution in [0.3, 0.4) is 0 Å². The molecule has 1 radical (unpaired) electrons. The molecule has 0 bridgehead atoms.